The van der Waals surface area contributed by atoms with Crippen LogP contribution in [-0.2, 0) is 4.79 Å². The van der Waals surface area contributed by atoms with Gasteiger partial charge >= 0.3 is 0 Å². The molecular formula is C15H17Br2NO2. The number of hydrogen-bond acceptors (Lipinski definition) is 2. The Kier molecular flexibility index (Phi) is 4.36. The molecule has 2 aliphatic carbocycles. The van der Waals surface area contributed by atoms with Crippen molar-refractivity contribution < 1.29 is 9.53 Å². The summed E-state index contributed by atoms with van der Waals surface area (Å²) in [6, 6.07) is 6.09. The highest BCUT2D eigenvalue weighted by molar-refractivity contribution is 9.11. The van der Waals surface area contributed by atoms with Crippen molar-refractivity contribution in [3.63, 3.8) is 0 Å². The van der Waals surface area contributed by atoms with E-state index in [9.17, 15) is 4.79 Å². The fraction of sp³-hybridized carbons (Fsp3) is 0.533. The molecule has 5 heteroatoms. The number of halogens is 2. The van der Waals surface area contributed by atoms with Gasteiger partial charge in [-0.15, -0.1) is 0 Å². The standard InChI is InChI=1S/C15H17Br2NO2/c16-11-2-1-3-12(17)15(11)20-8-13(19)18-14(9-4-5-9)10-6-7-10/h1-3,9-10,14H,4-8H2,(H,18,19). The number of carbonyl (C=O) groups excluding carboxylic acids is 1. The molecule has 0 unspecified atom stereocenters. The van der Waals surface area contributed by atoms with Crippen LogP contribution in [0.25, 0.3) is 0 Å². The Hall–Kier alpha value is -0.550. The van der Waals surface area contributed by atoms with Crippen molar-refractivity contribution in [3.8, 4) is 5.75 Å². The monoisotopic (exact) mass is 401 g/mol. The number of amides is 1. The topological polar surface area (TPSA) is 38.3 Å². The van der Waals surface area contributed by atoms with E-state index in [2.05, 4.69) is 37.2 Å². The molecule has 0 saturated heterocycles. The maximum Gasteiger partial charge on any atom is 0.258 e. The molecule has 1 aromatic rings. The quantitative estimate of drug-likeness (QED) is 0.783. The lowest BCUT2D eigenvalue weighted by molar-refractivity contribution is -0.124. The predicted octanol–water partition coefficient (Wildman–Crippen LogP) is 3.90. The summed E-state index contributed by atoms with van der Waals surface area (Å²) < 4.78 is 7.32. The number of ether oxygens (including phenoxy) is 1. The van der Waals surface area contributed by atoms with Gasteiger partial charge in [-0.2, -0.15) is 0 Å². The van der Waals surface area contributed by atoms with Crippen LogP contribution in [0.2, 0.25) is 0 Å². The Bertz CT molecular complexity index is 480. The molecule has 2 fully saturated rings. The van der Waals surface area contributed by atoms with Crippen molar-refractivity contribution in [2.75, 3.05) is 6.61 Å². The molecule has 1 N–H and O–H groups in total. The summed E-state index contributed by atoms with van der Waals surface area (Å²) in [6.45, 7) is 0.0666. The summed E-state index contributed by atoms with van der Waals surface area (Å²) in [6.07, 6.45) is 5.05. The van der Waals surface area contributed by atoms with E-state index in [0.29, 0.717) is 23.6 Å². The number of hydrogen-bond donors (Lipinski definition) is 1. The van der Waals surface area contributed by atoms with E-state index >= 15 is 0 Å². The lowest BCUT2D eigenvalue weighted by Gasteiger charge is -2.18. The Labute approximate surface area is 135 Å². The van der Waals surface area contributed by atoms with Gasteiger partial charge in [0.2, 0.25) is 0 Å². The Balaban J connectivity index is 1.53. The number of rotatable bonds is 6. The van der Waals surface area contributed by atoms with Crippen LogP contribution in [0, 0.1) is 11.8 Å². The van der Waals surface area contributed by atoms with Gasteiger partial charge in [-0.05, 0) is 81.5 Å². The second-order valence-electron chi connectivity index (χ2n) is 5.61. The van der Waals surface area contributed by atoms with Gasteiger partial charge in [-0.1, -0.05) is 6.07 Å². The van der Waals surface area contributed by atoms with Crippen molar-refractivity contribution in [1.82, 2.24) is 5.32 Å². The number of para-hydroxylation sites is 1. The van der Waals surface area contributed by atoms with Gasteiger partial charge in [0, 0.05) is 6.04 Å². The van der Waals surface area contributed by atoms with E-state index in [1.807, 2.05) is 18.2 Å². The third-order valence-electron chi connectivity index (χ3n) is 3.85. The molecule has 0 heterocycles. The van der Waals surface area contributed by atoms with E-state index in [0.717, 1.165) is 8.95 Å². The minimum atomic E-state index is -0.0172. The highest BCUT2D eigenvalue weighted by Crippen LogP contribution is 2.44. The summed E-state index contributed by atoms with van der Waals surface area (Å²) in [4.78, 5) is 12.0. The maximum atomic E-state index is 12.0. The minimum Gasteiger partial charge on any atom is -0.481 e. The van der Waals surface area contributed by atoms with E-state index < -0.39 is 0 Å². The van der Waals surface area contributed by atoms with Crippen LogP contribution in [-0.4, -0.2) is 18.6 Å². The molecule has 20 heavy (non-hydrogen) atoms. The van der Waals surface area contributed by atoms with Crippen molar-refractivity contribution in [2.24, 2.45) is 11.8 Å². The molecule has 3 rings (SSSR count). The van der Waals surface area contributed by atoms with Gasteiger partial charge in [0.25, 0.3) is 5.91 Å². The first-order valence-corrected chi connectivity index (χ1v) is 8.60. The van der Waals surface area contributed by atoms with E-state index in [1.165, 1.54) is 25.7 Å². The van der Waals surface area contributed by atoms with Crippen LogP contribution >= 0.6 is 31.9 Å². The molecule has 108 valence electrons. The molecule has 1 amide bonds. The normalized spacial score (nSPS) is 18.1. The number of carbonyl (C=O) groups is 1. The Morgan fingerprint density at radius 1 is 1.20 bits per heavy atom. The zero-order valence-electron chi connectivity index (χ0n) is 11.1. The van der Waals surface area contributed by atoms with Gasteiger partial charge in [-0.3, -0.25) is 4.79 Å². The Morgan fingerprint density at radius 2 is 1.75 bits per heavy atom. The first kappa shape index (κ1) is 14.4. The van der Waals surface area contributed by atoms with Crippen LogP contribution in [0.15, 0.2) is 27.1 Å². The third-order valence-corrected chi connectivity index (χ3v) is 5.10. The average Bonchev–Trinajstić information content (AvgIpc) is 3.28. The summed E-state index contributed by atoms with van der Waals surface area (Å²) in [7, 11) is 0. The zero-order chi connectivity index (χ0) is 14.1. The smallest absolute Gasteiger partial charge is 0.258 e. The van der Waals surface area contributed by atoms with Crippen LogP contribution < -0.4 is 10.1 Å². The lowest BCUT2D eigenvalue weighted by Crippen LogP contribution is -2.40. The molecule has 0 bridgehead atoms. The molecule has 3 nitrogen and oxygen atoms in total. The molecule has 2 saturated carbocycles. The van der Waals surface area contributed by atoms with Crippen molar-refractivity contribution in [3.05, 3.63) is 27.1 Å². The first-order chi connectivity index (χ1) is 9.65. The molecule has 0 spiro atoms. The van der Waals surface area contributed by atoms with E-state index in [4.69, 9.17) is 4.74 Å². The fourth-order valence-corrected chi connectivity index (χ4v) is 3.74. The summed E-state index contributed by atoms with van der Waals surface area (Å²) >= 11 is 6.86. The van der Waals surface area contributed by atoms with Crippen LogP contribution in [0.4, 0.5) is 0 Å². The lowest BCUT2D eigenvalue weighted by atomic mass is 10.1. The summed E-state index contributed by atoms with van der Waals surface area (Å²) in [5.41, 5.74) is 0. The van der Waals surface area contributed by atoms with Crippen LogP contribution in [0.3, 0.4) is 0 Å². The molecule has 0 aliphatic heterocycles. The summed E-state index contributed by atoms with van der Waals surface area (Å²) in [5, 5.41) is 3.16. The van der Waals surface area contributed by atoms with Crippen molar-refractivity contribution >= 4 is 37.8 Å². The third kappa shape index (κ3) is 3.55. The van der Waals surface area contributed by atoms with Gasteiger partial charge in [0.15, 0.2) is 6.61 Å². The number of benzene rings is 1. The first-order valence-electron chi connectivity index (χ1n) is 7.01. The molecular weight excluding hydrogens is 386 g/mol. The largest absolute Gasteiger partial charge is 0.481 e. The minimum absolute atomic E-state index is 0.0172. The maximum absolute atomic E-state index is 12.0. The molecule has 0 atom stereocenters. The molecule has 1 aromatic carbocycles. The van der Waals surface area contributed by atoms with Gasteiger partial charge in [0.05, 0.1) is 8.95 Å². The van der Waals surface area contributed by atoms with Gasteiger partial charge < -0.3 is 10.1 Å². The highest BCUT2D eigenvalue weighted by Gasteiger charge is 2.42. The average molecular weight is 403 g/mol. The van der Waals surface area contributed by atoms with Crippen molar-refractivity contribution in [1.29, 1.82) is 0 Å². The summed E-state index contributed by atoms with van der Waals surface area (Å²) in [5.74, 6) is 2.08. The SMILES string of the molecule is O=C(COc1c(Br)cccc1Br)NC(C1CC1)C1CC1. The molecule has 0 aromatic heterocycles. The van der Waals surface area contributed by atoms with E-state index in [1.54, 1.807) is 0 Å². The highest BCUT2D eigenvalue weighted by atomic mass is 79.9. The fourth-order valence-electron chi connectivity index (χ4n) is 2.52. The second kappa shape index (κ2) is 6.06. The van der Waals surface area contributed by atoms with Gasteiger partial charge in [0.1, 0.15) is 5.75 Å². The predicted molar refractivity (Wildman–Crippen MR) is 84.7 cm³/mol. The Morgan fingerprint density at radius 3 is 2.25 bits per heavy atom. The molecule has 2 aliphatic rings. The van der Waals surface area contributed by atoms with Crippen LogP contribution in [0.1, 0.15) is 25.7 Å². The zero-order valence-corrected chi connectivity index (χ0v) is 14.2. The second-order valence-corrected chi connectivity index (χ2v) is 7.32. The van der Waals surface area contributed by atoms with Gasteiger partial charge in [-0.25, -0.2) is 0 Å². The molecule has 0 radical (unpaired) electrons. The van der Waals surface area contributed by atoms with Crippen LogP contribution in [0.5, 0.6) is 5.75 Å². The van der Waals surface area contributed by atoms with Crippen molar-refractivity contribution in [2.45, 2.75) is 31.7 Å². The van der Waals surface area contributed by atoms with E-state index in [-0.39, 0.29) is 12.5 Å². The number of nitrogens with one attached hydrogen (secondary N) is 1.